The summed E-state index contributed by atoms with van der Waals surface area (Å²) in [5, 5.41) is 2.38. The Morgan fingerprint density at radius 2 is 2.25 bits per heavy atom. The highest BCUT2D eigenvalue weighted by atomic mass is 32.2. The molecule has 20 heavy (non-hydrogen) atoms. The van der Waals surface area contributed by atoms with Gasteiger partial charge in [-0.3, -0.25) is 14.4 Å². The number of hydrogen-bond acceptors (Lipinski definition) is 5. The van der Waals surface area contributed by atoms with Crippen LogP contribution in [0, 0.1) is 5.92 Å². The maximum Gasteiger partial charge on any atom is 0.242 e. The molecule has 0 aromatic heterocycles. The Bertz CT molecular complexity index is 418. The molecule has 2 N–H and O–H groups in total. The quantitative estimate of drug-likeness (QED) is 0.698. The number of carbonyl (C=O) groups excluding carboxylic acids is 3. The van der Waals surface area contributed by atoms with E-state index in [1.807, 2.05) is 0 Å². The molecule has 2 fully saturated rings. The highest BCUT2D eigenvalue weighted by molar-refractivity contribution is 7.94. The van der Waals surface area contributed by atoms with Crippen molar-refractivity contribution in [1.82, 2.24) is 15.1 Å². The van der Waals surface area contributed by atoms with Crippen LogP contribution in [-0.2, 0) is 14.4 Å². The summed E-state index contributed by atoms with van der Waals surface area (Å²) in [7, 11) is 1.66. The highest BCUT2D eigenvalue weighted by Crippen LogP contribution is 2.24. The zero-order valence-corrected chi connectivity index (χ0v) is 12.2. The summed E-state index contributed by atoms with van der Waals surface area (Å²) in [5.74, 6) is -0.877. The second-order valence-corrected chi connectivity index (χ2v) is 5.94. The molecular formula is C12H19N3O4S. The van der Waals surface area contributed by atoms with Gasteiger partial charge in [-0.2, -0.15) is 0 Å². The lowest BCUT2D eigenvalue weighted by Crippen LogP contribution is -2.43. The minimum Gasteiger partial charge on any atom is -0.347 e. The molecule has 7 nitrogen and oxygen atoms in total. The molecule has 0 radical (unpaired) electrons. The summed E-state index contributed by atoms with van der Waals surface area (Å²) in [5.41, 5.74) is 0. The molecule has 2 unspecified atom stereocenters. The van der Waals surface area contributed by atoms with Crippen molar-refractivity contribution in [2.75, 3.05) is 26.7 Å². The van der Waals surface area contributed by atoms with Crippen LogP contribution < -0.4 is 5.32 Å². The lowest BCUT2D eigenvalue weighted by atomic mass is 10.1. The van der Waals surface area contributed by atoms with Gasteiger partial charge in [0.2, 0.25) is 17.7 Å². The van der Waals surface area contributed by atoms with Gasteiger partial charge in [-0.1, -0.05) is 0 Å². The van der Waals surface area contributed by atoms with Gasteiger partial charge in [0.05, 0.1) is 12.5 Å². The molecular weight excluding hydrogens is 282 g/mol. The third kappa shape index (κ3) is 3.24. The van der Waals surface area contributed by atoms with Gasteiger partial charge in [0, 0.05) is 38.6 Å². The number of hydrogen-bond donors (Lipinski definition) is 2. The summed E-state index contributed by atoms with van der Waals surface area (Å²) in [6, 6.07) is 0. The maximum absolute atomic E-state index is 12.0. The molecule has 2 heterocycles. The first-order valence-electron chi connectivity index (χ1n) is 6.64. The van der Waals surface area contributed by atoms with E-state index in [2.05, 4.69) is 5.32 Å². The van der Waals surface area contributed by atoms with Crippen molar-refractivity contribution >= 4 is 29.8 Å². The van der Waals surface area contributed by atoms with Crippen molar-refractivity contribution in [3.05, 3.63) is 0 Å². The van der Waals surface area contributed by atoms with E-state index in [0.717, 1.165) is 12.8 Å². The van der Waals surface area contributed by atoms with E-state index in [0.29, 0.717) is 25.1 Å². The van der Waals surface area contributed by atoms with Gasteiger partial charge in [-0.15, -0.1) is 0 Å². The molecule has 3 amide bonds. The van der Waals surface area contributed by atoms with Crippen LogP contribution in [0.2, 0.25) is 0 Å². The first kappa shape index (κ1) is 15.1. The molecule has 2 saturated heterocycles. The molecule has 0 aliphatic carbocycles. The Labute approximate surface area is 121 Å². The van der Waals surface area contributed by atoms with Crippen molar-refractivity contribution in [2.45, 2.75) is 24.6 Å². The van der Waals surface area contributed by atoms with Gasteiger partial charge in [-0.05, 0) is 12.8 Å². The Morgan fingerprint density at radius 3 is 2.85 bits per heavy atom. The molecule has 2 aliphatic heterocycles. The summed E-state index contributed by atoms with van der Waals surface area (Å²) in [6.07, 6.45) is 1.83. The van der Waals surface area contributed by atoms with Crippen molar-refractivity contribution < 1.29 is 18.9 Å². The lowest BCUT2D eigenvalue weighted by molar-refractivity contribution is -0.133. The minimum absolute atomic E-state index is 0.0484. The van der Waals surface area contributed by atoms with Crippen LogP contribution in [0.1, 0.15) is 19.3 Å². The number of carbonyl (C=O) groups is 3. The average Bonchev–Trinajstić information content (AvgIpc) is 3.03. The van der Waals surface area contributed by atoms with Gasteiger partial charge >= 0.3 is 0 Å². The molecule has 0 aromatic rings. The van der Waals surface area contributed by atoms with Crippen LogP contribution in [0.5, 0.6) is 0 Å². The normalized spacial score (nSPS) is 26.2. The number of amides is 3. The molecule has 0 saturated carbocycles. The van der Waals surface area contributed by atoms with E-state index in [-0.39, 0.29) is 42.0 Å². The average molecular weight is 301 g/mol. The smallest absolute Gasteiger partial charge is 0.242 e. The van der Waals surface area contributed by atoms with Crippen LogP contribution in [0.15, 0.2) is 0 Å². The van der Waals surface area contributed by atoms with E-state index in [1.165, 1.54) is 4.90 Å². The van der Waals surface area contributed by atoms with Gasteiger partial charge < -0.3 is 19.7 Å². The van der Waals surface area contributed by atoms with Gasteiger partial charge in [0.15, 0.2) is 0 Å². The lowest BCUT2D eigenvalue weighted by Gasteiger charge is -2.22. The Morgan fingerprint density at radius 1 is 1.50 bits per heavy atom. The maximum atomic E-state index is 12.0. The van der Waals surface area contributed by atoms with E-state index in [4.69, 9.17) is 4.55 Å². The second-order valence-electron chi connectivity index (χ2n) is 5.18. The Kier molecular flexibility index (Phi) is 4.87. The topological polar surface area (TPSA) is 90.0 Å². The number of nitrogens with one attached hydrogen (secondary N) is 1. The van der Waals surface area contributed by atoms with Crippen LogP contribution in [0.25, 0.3) is 0 Å². The van der Waals surface area contributed by atoms with E-state index < -0.39 is 0 Å². The van der Waals surface area contributed by atoms with Crippen LogP contribution in [0.4, 0.5) is 0 Å². The zero-order valence-electron chi connectivity index (χ0n) is 11.4. The molecule has 112 valence electrons. The molecule has 0 spiro atoms. The summed E-state index contributed by atoms with van der Waals surface area (Å²) in [6.45, 7) is 0.930. The summed E-state index contributed by atoms with van der Waals surface area (Å²) >= 11 is 0.670. The fourth-order valence-corrected chi connectivity index (χ4v) is 3.19. The first-order valence-corrected chi connectivity index (χ1v) is 7.48. The zero-order chi connectivity index (χ0) is 14.7. The summed E-state index contributed by atoms with van der Waals surface area (Å²) < 4.78 is 9.09. The number of rotatable bonds is 4. The van der Waals surface area contributed by atoms with Crippen molar-refractivity contribution in [2.24, 2.45) is 5.92 Å². The predicted octanol–water partition coefficient (Wildman–Crippen LogP) is -0.264. The first-order chi connectivity index (χ1) is 9.52. The van der Waals surface area contributed by atoms with Gasteiger partial charge in [0.1, 0.15) is 5.37 Å². The van der Waals surface area contributed by atoms with Crippen molar-refractivity contribution in [1.29, 1.82) is 0 Å². The van der Waals surface area contributed by atoms with Gasteiger partial charge in [-0.25, -0.2) is 0 Å². The molecule has 8 heteroatoms. The third-order valence-corrected chi connectivity index (χ3v) is 4.50. The predicted molar refractivity (Wildman–Crippen MR) is 73.7 cm³/mol. The number of likely N-dealkylation sites (tertiary alicyclic amines) is 2. The monoisotopic (exact) mass is 301 g/mol. The molecule has 2 atom stereocenters. The Hall–Kier alpha value is -1.28. The highest BCUT2D eigenvalue weighted by Gasteiger charge is 2.33. The van der Waals surface area contributed by atoms with E-state index in [9.17, 15) is 14.4 Å². The largest absolute Gasteiger partial charge is 0.347 e. The molecule has 0 aromatic carbocycles. The van der Waals surface area contributed by atoms with Crippen molar-refractivity contribution in [3.8, 4) is 0 Å². The number of nitrogens with zero attached hydrogens (tertiary/aromatic N) is 2. The van der Waals surface area contributed by atoms with E-state index >= 15 is 0 Å². The standard InChI is InChI=1S/C12H19N3O4S/c1-14-7-8(5-9(14)16)12(18)13-6-10(17)15-4-2-3-11(15)20-19/h8,11,19H,2-7H2,1H3,(H,13,18). The minimum atomic E-state index is -0.373. The van der Waals surface area contributed by atoms with E-state index in [1.54, 1.807) is 11.9 Å². The Balaban J connectivity index is 1.79. The van der Waals surface area contributed by atoms with Crippen LogP contribution in [-0.4, -0.2) is 64.1 Å². The van der Waals surface area contributed by atoms with Crippen LogP contribution in [0.3, 0.4) is 0 Å². The van der Waals surface area contributed by atoms with Crippen LogP contribution >= 0.6 is 12.0 Å². The molecule has 2 rings (SSSR count). The second kappa shape index (κ2) is 6.45. The fraction of sp³-hybridized carbons (Fsp3) is 0.750. The molecule has 0 bridgehead atoms. The summed E-state index contributed by atoms with van der Waals surface area (Å²) in [4.78, 5) is 38.3. The van der Waals surface area contributed by atoms with Gasteiger partial charge in [0.25, 0.3) is 0 Å². The molecule has 2 aliphatic rings. The third-order valence-electron chi connectivity index (χ3n) is 3.77. The van der Waals surface area contributed by atoms with Crippen molar-refractivity contribution in [3.63, 3.8) is 0 Å². The fourth-order valence-electron chi connectivity index (χ4n) is 2.58. The SMILES string of the molecule is CN1CC(C(=O)NCC(=O)N2CCCC2SO)CC1=O.